The van der Waals surface area contributed by atoms with Gasteiger partial charge in [0, 0.05) is 18.2 Å². The summed E-state index contributed by atoms with van der Waals surface area (Å²) in [7, 11) is 0. The van der Waals surface area contributed by atoms with Gasteiger partial charge in [-0.1, -0.05) is 0 Å². The van der Waals surface area contributed by atoms with Crippen LogP contribution in [-0.2, 0) is 0 Å². The van der Waals surface area contributed by atoms with Crippen LogP contribution >= 0.6 is 0 Å². The molecule has 5 N–H and O–H groups in total. The molecule has 0 heterocycles. The Morgan fingerprint density at radius 1 is 1.67 bits per heavy atom. The van der Waals surface area contributed by atoms with Crippen LogP contribution in [0.5, 0.6) is 0 Å². The third-order valence-corrected chi connectivity index (χ3v) is 1.18. The Balaban J connectivity index is 2.74. The molecule has 9 heavy (non-hydrogen) atoms. The molecular formula is C6H10N2O. The summed E-state index contributed by atoms with van der Waals surface area (Å²) in [5.74, 6) is 0.266. The van der Waals surface area contributed by atoms with E-state index in [-0.39, 0.29) is 11.8 Å². The molecule has 0 spiro atoms. The van der Waals surface area contributed by atoms with E-state index in [1.807, 2.05) is 0 Å². The Kier molecular flexibility index (Phi) is 1.44. The molecule has 0 saturated heterocycles. The van der Waals surface area contributed by atoms with Gasteiger partial charge in [0.2, 0.25) is 0 Å². The number of aliphatic hydroxyl groups is 1. The van der Waals surface area contributed by atoms with Gasteiger partial charge in [-0.05, 0) is 12.2 Å². The van der Waals surface area contributed by atoms with E-state index in [1.54, 1.807) is 6.08 Å². The highest BCUT2D eigenvalue weighted by Gasteiger charge is 2.07. The molecule has 1 aliphatic rings. The largest absolute Gasteiger partial charge is 0.512 e. The van der Waals surface area contributed by atoms with E-state index in [0.29, 0.717) is 12.1 Å². The SMILES string of the molecule is NC1=CC(N)CC(O)=C1. The first-order valence-corrected chi connectivity index (χ1v) is 2.81. The Bertz CT molecular complexity index is 172. The molecule has 3 heteroatoms. The normalized spacial score (nSPS) is 27.0. The first kappa shape index (κ1) is 6.16. The predicted molar refractivity (Wildman–Crippen MR) is 35.6 cm³/mol. The molecule has 0 bridgehead atoms. The minimum atomic E-state index is -0.116. The van der Waals surface area contributed by atoms with Gasteiger partial charge in [0.1, 0.15) is 0 Å². The van der Waals surface area contributed by atoms with E-state index in [4.69, 9.17) is 16.6 Å². The minimum Gasteiger partial charge on any atom is -0.512 e. The second-order valence-corrected chi connectivity index (χ2v) is 2.17. The van der Waals surface area contributed by atoms with Crippen molar-refractivity contribution in [3.8, 4) is 0 Å². The molecule has 0 aromatic carbocycles. The molecule has 0 saturated carbocycles. The van der Waals surface area contributed by atoms with Gasteiger partial charge in [0.25, 0.3) is 0 Å². The molecule has 0 radical (unpaired) electrons. The van der Waals surface area contributed by atoms with Crippen LogP contribution in [0.1, 0.15) is 6.42 Å². The second kappa shape index (κ2) is 2.11. The van der Waals surface area contributed by atoms with Crippen molar-refractivity contribution in [2.45, 2.75) is 12.5 Å². The molecule has 1 aliphatic carbocycles. The summed E-state index contributed by atoms with van der Waals surface area (Å²) < 4.78 is 0. The molecule has 0 amide bonds. The molecular weight excluding hydrogens is 116 g/mol. The Labute approximate surface area is 53.7 Å². The van der Waals surface area contributed by atoms with Gasteiger partial charge < -0.3 is 16.6 Å². The zero-order valence-electron chi connectivity index (χ0n) is 5.04. The Morgan fingerprint density at radius 3 is 2.78 bits per heavy atom. The van der Waals surface area contributed by atoms with E-state index in [0.717, 1.165) is 0 Å². The Morgan fingerprint density at radius 2 is 2.33 bits per heavy atom. The molecule has 0 aromatic heterocycles. The number of hydrogen-bond acceptors (Lipinski definition) is 3. The summed E-state index contributed by atoms with van der Waals surface area (Å²) in [5, 5.41) is 8.91. The zero-order chi connectivity index (χ0) is 6.85. The van der Waals surface area contributed by atoms with E-state index < -0.39 is 0 Å². The summed E-state index contributed by atoms with van der Waals surface area (Å²) in [5.41, 5.74) is 11.4. The molecule has 1 unspecified atom stereocenters. The first-order valence-electron chi connectivity index (χ1n) is 2.81. The van der Waals surface area contributed by atoms with Gasteiger partial charge in [0.05, 0.1) is 5.76 Å². The van der Waals surface area contributed by atoms with Gasteiger partial charge in [0.15, 0.2) is 0 Å². The van der Waals surface area contributed by atoms with E-state index in [1.165, 1.54) is 6.08 Å². The van der Waals surface area contributed by atoms with Crippen molar-refractivity contribution in [2.75, 3.05) is 0 Å². The van der Waals surface area contributed by atoms with Crippen molar-refractivity contribution >= 4 is 0 Å². The van der Waals surface area contributed by atoms with E-state index in [2.05, 4.69) is 0 Å². The molecule has 3 nitrogen and oxygen atoms in total. The monoisotopic (exact) mass is 126 g/mol. The van der Waals surface area contributed by atoms with E-state index in [9.17, 15) is 0 Å². The lowest BCUT2D eigenvalue weighted by atomic mass is 10.1. The summed E-state index contributed by atoms with van der Waals surface area (Å²) in [6, 6.07) is -0.116. The smallest absolute Gasteiger partial charge is 0.0961 e. The van der Waals surface area contributed by atoms with Gasteiger partial charge in [-0.15, -0.1) is 0 Å². The van der Waals surface area contributed by atoms with Crippen LogP contribution in [0.2, 0.25) is 0 Å². The van der Waals surface area contributed by atoms with Crippen molar-refractivity contribution in [1.82, 2.24) is 0 Å². The lowest BCUT2D eigenvalue weighted by Gasteiger charge is -2.11. The third-order valence-electron chi connectivity index (χ3n) is 1.18. The fourth-order valence-corrected chi connectivity index (χ4v) is 0.847. The molecule has 0 fully saturated rings. The van der Waals surface area contributed by atoms with Crippen molar-refractivity contribution in [1.29, 1.82) is 0 Å². The molecule has 0 aromatic rings. The predicted octanol–water partition coefficient (Wildman–Crippen LogP) is 0.00190. The highest BCUT2D eigenvalue weighted by Crippen LogP contribution is 2.09. The first-order chi connectivity index (χ1) is 4.18. The van der Waals surface area contributed by atoms with Crippen molar-refractivity contribution in [2.24, 2.45) is 11.5 Å². The summed E-state index contributed by atoms with van der Waals surface area (Å²) in [4.78, 5) is 0. The number of nitrogens with two attached hydrogens (primary N) is 2. The standard InChI is InChI=1S/C6H10N2O/c7-4-1-5(8)3-6(9)2-4/h1-2,5,9H,3,7-8H2. The summed E-state index contributed by atoms with van der Waals surface area (Å²) in [6.07, 6.45) is 3.74. The van der Waals surface area contributed by atoms with Crippen LogP contribution in [-0.4, -0.2) is 11.1 Å². The molecule has 50 valence electrons. The maximum absolute atomic E-state index is 8.91. The fraction of sp³-hybridized carbons (Fsp3) is 0.333. The van der Waals surface area contributed by atoms with Crippen LogP contribution in [0, 0.1) is 0 Å². The fourth-order valence-electron chi connectivity index (χ4n) is 0.847. The lowest BCUT2D eigenvalue weighted by molar-refractivity contribution is 0.378. The molecule has 1 rings (SSSR count). The van der Waals surface area contributed by atoms with Crippen LogP contribution < -0.4 is 11.5 Å². The summed E-state index contributed by atoms with van der Waals surface area (Å²) >= 11 is 0. The van der Waals surface area contributed by atoms with Gasteiger partial charge >= 0.3 is 0 Å². The van der Waals surface area contributed by atoms with Crippen LogP contribution in [0.4, 0.5) is 0 Å². The Hall–Kier alpha value is -0.960. The van der Waals surface area contributed by atoms with Crippen molar-refractivity contribution in [3.63, 3.8) is 0 Å². The second-order valence-electron chi connectivity index (χ2n) is 2.17. The van der Waals surface area contributed by atoms with Crippen molar-refractivity contribution in [3.05, 3.63) is 23.6 Å². The average Bonchev–Trinajstić information content (AvgIpc) is 1.59. The van der Waals surface area contributed by atoms with Crippen molar-refractivity contribution < 1.29 is 5.11 Å². The zero-order valence-corrected chi connectivity index (χ0v) is 5.04. The van der Waals surface area contributed by atoms with Gasteiger partial charge in [-0.25, -0.2) is 0 Å². The highest BCUT2D eigenvalue weighted by atomic mass is 16.3. The third kappa shape index (κ3) is 1.47. The quantitative estimate of drug-likeness (QED) is 0.428. The molecule has 1 atom stereocenters. The summed E-state index contributed by atoms with van der Waals surface area (Å²) in [6.45, 7) is 0. The molecule has 0 aliphatic heterocycles. The van der Waals surface area contributed by atoms with Crippen LogP contribution in [0.25, 0.3) is 0 Å². The maximum atomic E-state index is 8.91. The average molecular weight is 126 g/mol. The van der Waals surface area contributed by atoms with Crippen LogP contribution in [0.15, 0.2) is 23.6 Å². The highest BCUT2D eigenvalue weighted by molar-refractivity contribution is 5.24. The van der Waals surface area contributed by atoms with E-state index >= 15 is 0 Å². The number of aliphatic hydroxyl groups excluding tert-OH is 1. The number of allylic oxidation sites excluding steroid dienone is 1. The minimum absolute atomic E-state index is 0.116. The number of hydrogen-bond donors (Lipinski definition) is 3. The number of rotatable bonds is 0. The lowest BCUT2D eigenvalue weighted by Crippen LogP contribution is -2.22. The van der Waals surface area contributed by atoms with Gasteiger partial charge in [-0.2, -0.15) is 0 Å². The van der Waals surface area contributed by atoms with Gasteiger partial charge in [-0.3, -0.25) is 0 Å². The van der Waals surface area contributed by atoms with Crippen LogP contribution in [0.3, 0.4) is 0 Å². The maximum Gasteiger partial charge on any atom is 0.0961 e. The topological polar surface area (TPSA) is 72.3 Å².